The minimum absolute atomic E-state index is 0.106. The average molecular weight is 258 g/mol. The molecule has 1 saturated carbocycles. The fourth-order valence-electron chi connectivity index (χ4n) is 1.75. The lowest BCUT2D eigenvalue weighted by Gasteiger charge is -2.14. The fraction of sp³-hybridized carbons (Fsp3) is 0.833. The zero-order chi connectivity index (χ0) is 13.4. The second-order valence-electron chi connectivity index (χ2n) is 4.61. The predicted molar refractivity (Wildman–Crippen MR) is 66.4 cm³/mol. The maximum atomic E-state index is 11.5. The number of carboxylic acid groups (broad SMARTS) is 1. The molecule has 18 heavy (non-hydrogen) atoms. The van der Waals surface area contributed by atoms with Gasteiger partial charge in [0.2, 0.25) is 0 Å². The number of nitrogens with one attached hydrogen (secondary N) is 2. The van der Waals surface area contributed by atoms with Gasteiger partial charge in [-0.25, -0.2) is 9.59 Å². The number of urea groups is 1. The maximum absolute atomic E-state index is 11.5. The number of rotatable bonds is 9. The molecule has 0 aromatic carbocycles. The molecule has 2 amide bonds. The van der Waals surface area contributed by atoms with E-state index in [4.69, 9.17) is 9.84 Å². The van der Waals surface area contributed by atoms with E-state index in [2.05, 4.69) is 10.6 Å². The number of carboxylic acids is 1. The largest absolute Gasteiger partial charge is 0.480 e. The zero-order valence-corrected chi connectivity index (χ0v) is 10.8. The minimum Gasteiger partial charge on any atom is -0.480 e. The average Bonchev–Trinajstić information content (AvgIpc) is 3.14. The van der Waals surface area contributed by atoms with E-state index in [9.17, 15) is 9.59 Å². The zero-order valence-electron chi connectivity index (χ0n) is 10.8. The third-order valence-electron chi connectivity index (χ3n) is 2.96. The summed E-state index contributed by atoms with van der Waals surface area (Å²) in [6.07, 6.45) is 4.60. The van der Waals surface area contributed by atoms with E-state index in [0.717, 1.165) is 38.7 Å². The van der Waals surface area contributed by atoms with E-state index >= 15 is 0 Å². The van der Waals surface area contributed by atoms with Gasteiger partial charge in [0.25, 0.3) is 0 Å². The molecule has 1 aliphatic carbocycles. The van der Waals surface area contributed by atoms with Crippen LogP contribution < -0.4 is 10.6 Å². The number of methoxy groups -OCH3 is 1. The first-order valence-electron chi connectivity index (χ1n) is 6.41. The van der Waals surface area contributed by atoms with Gasteiger partial charge in [0.1, 0.15) is 6.04 Å². The summed E-state index contributed by atoms with van der Waals surface area (Å²) in [6.45, 7) is 1.29. The van der Waals surface area contributed by atoms with Crippen LogP contribution in [-0.2, 0) is 9.53 Å². The lowest BCUT2D eigenvalue weighted by molar-refractivity contribution is -0.139. The Morgan fingerprint density at radius 3 is 2.61 bits per heavy atom. The van der Waals surface area contributed by atoms with Gasteiger partial charge in [0, 0.05) is 20.3 Å². The van der Waals surface area contributed by atoms with Crippen LogP contribution in [0.15, 0.2) is 0 Å². The molecule has 0 heterocycles. The molecule has 0 aliphatic heterocycles. The van der Waals surface area contributed by atoms with Crippen LogP contribution >= 0.6 is 0 Å². The highest BCUT2D eigenvalue weighted by atomic mass is 16.5. The van der Waals surface area contributed by atoms with Crippen LogP contribution in [0.2, 0.25) is 0 Å². The molecule has 1 aliphatic rings. The van der Waals surface area contributed by atoms with Gasteiger partial charge in [0.05, 0.1) is 0 Å². The molecule has 0 aromatic heterocycles. The van der Waals surface area contributed by atoms with E-state index in [1.165, 1.54) is 0 Å². The van der Waals surface area contributed by atoms with Crippen molar-refractivity contribution in [1.29, 1.82) is 0 Å². The molecule has 1 fully saturated rings. The van der Waals surface area contributed by atoms with Gasteiger partial charge in [-0.2, -0.15) is 0 Å². The molecule has 3 N–H and O–H groups in total. The van der Waals surface area contributed by atoms with Gasteiger partial charge < -0.3 is 20.5 Å². The molecule has 6 heteroatoms. The Hall–Kier alpha value is -1.30. The van der Waals surface area contributed by atoms with Crippen LogP contribution in [0.3, 0.4) is 0 Å². The molecule has 1 atom stereocenters. The van der Waals surface area contributed by atoms with Crippen LogP contribution in [0.1, 0.15) is 32.1 Å². The number of unbranched alkanes of at least 4 members (excludes halogenated alkanes) is 2. The summed E-state index contributed by atoms with van der Waals surface area (Å²) in [5, 5.41) is 14.1. The number of amides is 2. The second-order valence-corrected chi connectivity index (χ2v) is 4.61. The summed E-state index contributed by atoms with van der Waals surface area (Å²) >= 11 is 0. The first kappa shape index (κ1) is 14.8. The van der Waals surface area contributed by atoms with Crippen molar-refractivity contribution in [2.45, 2.75) is 38.1 Å². The first-order valence-corrected chi connectivity index (χ1v) is 6.41. The van der Waals surface area contributed by atoms with Crippen LogP contribution in [0.4, 0.5) is 4.79 Å². The first-order chi connectivity index (χ1) is 8.65. The third kappa shape index (κ3) is 5.86. The molecule has 6 nitrogen and oxygen atoms in total. The minimum atomic E-state index is -0.951. The van der Waals surface area contributed by atoms with Crippen LogP contribution in [0.25, 0.3) is 0 Å². The lowest BCUT2D eigenvalue weighted by atomic mass is 10.2. The van der Waals surface area contributed by atoms with Crippen LogP contribution in [0, 0.1) is 5.92 Å². The number of hydrogen-bond acceptors (Lipinski definition) is 3. The van der Waals surface area contributed by atoms with Gasteiger partial charge in [0.15, 0.2) is 0 Å². The molecule has 1 unspecified atom stereocenters. The van der Waals surface area contributed by atoms with Crippen LogP contribution in [0.5, 0.6) is 0 Å². The third-order valence-corrected chi connectivity index (χ3v) is 2.96. The number of carbonyl (C=O) groups is 2. The second kappa shape index (κ2) is 7.92. The molecular weight excluding hydrogens is 236 g/mol. The van der Waals surface area contributed by atoms with Gasteiger partial charge in [-0.1, -0.05) is 0 Å². The number of carbonyl (C=O) groups excluding carboxylic acids is 1. The number of ether oxygens (including phenoxy) is 1. The Balaban J connectivity index is 2.07. The summed E-state index contributed by atoms with van der Waals surface area (Å²) in [5.41, 5.74) is 0. The Morgan fingerprint density at radius 2 is 2.06 bits per heavy atom. The summed E-state index contributed by atoms with van der Waals surface area (Å²) in [7, 11) is 1.66. The van der Waals surface area contributed by atoms with Crippen molar-refractivity contribution < 1.29 is 19.4 Å². The van der Waals surface area contributed by atoms with Gasteiger partial charge in [-0.3, -0.25) is 0 Å². The molecule has 0 aromatic rings. The molecular formula is C12H22N2O4. The molecule has 0 spiro atoms. The summed E-state index contributed by atoms with van der Waals surface area (Å²) in [4.78, 5) is 22.4. The fourth-order valence-corrected chi connectivity index (χ4v) is 1.75. The molecule has 0 bridgehead atoms. The van der Waals surface area contributed by atoms with E-state index in [1.807, 2.05) is 0 Å². The van der Waals surface area contributed by atoms with Crippen molar-refractivity contribution in [3.63, 3.8) is 0 Å². The SMILES string of the molecule is COCCCCCNC(=O)NC(C(=O)O)C1CC1. The smallest absolute Gasteiger partial charge is 0.326 e. The normalized spacial score (nSPS) is 16.1. The highest BCUT2D eigenvalue weighted by molar-refractivity contribution is 5.83. The monoisotopic (exact) mass is 258 g/mol. The molecule has 0 saturated heterocycles. The van der Waals surface area contributed by atoms with Crippen molar-refractivity contribution >= 4 is 12.0 Å². The van der Waals surface area contributed by atoms with E-state index in [-0.39, 0.29) is 11.9 Å². The van der Waals surface area contributed by atoms with Gasteiger partial charge in [-0.05, 0) is 38.0 Å². The Labute approximate surface area is 107 Å². The van der Waals surface area contributed by atoms with E-state index in [0.29, 0.717) is 6.54 Å². The van der Waals surface area contributed by atoms with Gasteiger partial charge >= 0.3 is 12.0 Å². The predicted octanol–water partition coefficient (Wildman–Crippen LogP) is 0.965. The lowest BCUT2D eigenvalue weighted by Crippen LogP contribution is -2.47. The molecule has 1 rings (SSSR count). The summed E-state index contributed by atoms with van der Waals surface area (Å²) < 4.78 is 4.92. The standard InChI is InChI=1S/C12H22N2O4/c1-18-8-4-2-3-7-13-12(17)14-10(11(15)16)9-5-6-9/h9-10H,2-8H2,1H3,(H,15,16)(H2,13,14,17). The topological polar surface area (TPSA) is 87.7 Å². The Morgan fingerprint density at radius 1 is 1.33 bits per heavy atom. The molecule has 104 valence electrons. The van der Waals surface area contributed by atoms with Crippen LogP contribution in [-0.4, -0.2) is 43.4 Å². The highest BCUT2D eigenvalue weighted by Gasteiger charge is 2.37. The number of hydrogen-bond donors (Lipinski definition) is 3. The van der Waals surface area contributed by atoms with Crippen molar-refractivity contribution in [1.82, 2.24) is 10.6 Å². The van der Waals surface area contributed by atoms with E-state index in [1.54, 1.807) is 7.11 Å². The summed E-state index contributed by atoms with van der Waals surface area (Å²) in [5.74, 6) is -0.845. The Kier molecular flexibility index (Phi) is 6.49. The van der Waals surface area contributed by atoms with Crippen molar-refractivity contribution in [3.8, 4) is 0 Å². The Bertz CT molecular complexity index is 279. The van der Waals surface area contributed by atoms with E-state index < -0.39 is 12.0 Å². The highest BCUT2D eigenvalue weighted by Crippen LogP contribution is 2.32. The maximum Gasteiger partial charge on any atom is 0.326 e. The summed E-state index contributed by atoms with van der Waals surface area (Å²) in [6, 6.07) is -1.13. The quantitative estimate of drug-likeness (QED) is 0.538. The van der Waals surface area contributed by atoms with Crippen molar-refractivity contribution in [2.75, 3.05) is 20.3 Å². The van der Waals surface area contributed by atoms with Crippen molar-refractivity contribution in [3.05, 3.63) is 0 Å². The van der Waals surface area contributed by atoms with Gasteiger partial charge in [-0.15, -0.1) is 0 Å². The molecule has 0 radical (unpaired) electrons. The van der Waals surface area contributed by atoms with Crippen molar-refractivity contribution in [2.24, 2.45) is 5.92 Å². The number of aliphatic carboxylic acids is 1.